The molecule has 0 amide bonds. The van der Waals surface area contributed by atoms with Crippen molar-refractivity contribution in [2.24, 2.45) is 11.8 Å². The van der Waals surface area contributed by atoms with Crippen LogP contribution < -0.4 is 5.32 Å². The van der Waals surface area contributed by atoms with Crippen LogP contribution in [0.5, 0.6) is 0 Å². The van der Waals surface area contributed by atoms with E-state index in [-0.39, 0.29) is 0 Å². The third kappa shape index (κ3) is 3.98. The molecular formula is C24H31N. The van der Waals surface area contributed by atoms with Gasteiger partial charge in [-0.05, 0) is 59.8 Å². The predicted octanol–water partition coefficient (Wildman–Crippen LogP) is 5.31. The van der Waals surface area contributed by atoms with Gasteiger partial charge in [-0.3, -0.25) is 0 Å². The molecule has 1 fully saturated rings. The van der Waals surface area contributed by atoms with Crippen molar-refractivity contribution in [1.82, 2.24) is 5.32 Å². The van der Waals surface area contributed by atoms with E-state index in [9.17, 15) is 0 Å². The van der Waals surface area contributed by atoms with E-state index in [0.717, 1.165) is 18.4 Å². The Morgan fingerprint density at radius 2 is 1.68 bits per heavy atom. The van der Waals surface area contributed by atoms with Crippen molar-refractivity contribution in [2.45, 2.75) is 64.5 Å². The average molecular weight is 334 g/mol. The quantitative estimate of drug-likeness (QED) is 0.724. The number of fused-ring (bicyclic) bond motifs is 1. The lowest BCUT2D eigenvalue weighted by atomic mass is 9.81. The highest BCUT2D eigenvalue weighted by molar-refractivity contribution is 5.32. The summed E-state index contributed by atoms with van der Waals surface area (Å²) in [4.78, 5) is 0. The van der Waals surface area contributed by atoms with Crippen LogP contribution in [0.1, 0.15) is 54.9 Å². The van der Waals surface area contributed by atoms with Crippen LogP contribution in [-0.4, -0.2) is 6.04 Å². The van der Waals surface area contributed by atoms with Crippen LogP contribution >= 0.6 is 0 Å². The Labute approximate surface area is 152 Å². The van der Waals surface area contributed by atoms with Gasteiger partial charge >= 0.3 is 0 Å². The van der Waals surface area contributed by atoms with Crippen molar-refractivity contribution in [2.75, 3.05) is 0 Å². The Hall–Kier alpha value is -1.60. The van der Waals surface area contributed by atoms with Crippen LogP contribution in [-0.2, 0) is 25.8 Å². The normalized spacial score (nSPS) is 18.8. The highest BCUT2D eigenvalue weighted by Gasteiger charge is 2.27. The number of benzene rings is 2. The summed E-state index contributed by atoms with van der Waals surface area (Å²) in [5.74, 6) is 1.70. The summed E-state index contributed by atoms with van der Waals surface area (Å²) < 4.78 is 0. The van der Waals surface area contributed by atoms with E-state index < -0.39 is 0 Å². The molecule has 1 saturated carbocycles. The van der Waals surface area contributed by atoms with Gasteiger partial charge in [0.15, 0.2) is 0 Å². The van der Waals surface area contributed by atoms with E-state index in [1.165, 1.54) is 56.1 Å². The first-order chi connectivity index (χ1) is 12.3. The lowest BCUT2D eigenvalue weighted by Crippen LogP contribution is -2.35. The summed E-state index contributed by atoms with van der Waals surface area (Å²) in [7, 11) is 0. The van der Waals surface area contributed by atoms with E-state index in [4.69, 9.17) is 0 Å². The molecule has 1 N–H and O–H groups in total. The Kier molecular flexibility index (Phi) is 5.22. The smallest absolute Gasteiger partial charge is 0.0208 e. The second-order valence-electron chi connectivity index (χ2n) is 8.15. The number of nitrogens with one attached hydrogen (secondary N) is 1. The van der Waals surface area contributed by atoms with Gasteiger partial charge in [-0.15, -0.1) is 0 Å². The fraction of sp³-hybridized carbons (Fsp3) is 0.500. The molecule has 2 aliphatic carbocycles. The number of hydrogen-bond donors (Lipinski definition) is 1. The molecule has 1 atom stereocenters. The first-order valence-corrected chi connectivity index (χ1v) is 10.2. The summed E-state index contributed by atoms with van der Waals surface area (Å²) in [6.07, 6.45) is 9.27. The maximum absolute atomic E-state index is 3.87. The van der Waals surface area contributed by atoms with Gasteiger partial charge in [-0.1, -0.05) is 74.7 Å². The molecule has 0 spiro atoms. The van der Waals surface area contributed by atoms with Crippen molar-refractivity contribution in [3.05, 3.63) is 70.8 Å². The topological polar surface area (TPSA) is 12.0 Å². The zero-order chi connectivity index (χ0) is 17.1. The molecule has 1 unspecified atom stereocenters. The monoisotopic (exact) mass is 333 g/mol. The third-order valence-electron chi connectivity index (χ3n) is 6.40. The molecule has 0 saturated heterocycles. The SMILES string of the molecule is CCC(NCc1cccc(CC2CCC2)c1)C1Cc2ccccc2C1. The Bertz CT molecular complexity index is 676. The van der Waals surface area contributed by atoms with Gasteiger partial charge in [0.2, 0.25) is 0 Å². The van der Waals surface area contributed by atoms with Gasteiger partial charge < -0.3 is 5.32 Å². The average Bonchev–Trinajstić information content (AvgIpc) is 3.03. The molecule has 25 heavy (non-hydrogen) atoms. The zero-order valence-electron chi connectivity index (χ0n) is 15.5. The van der Waals surface area contributed by atoms with E-state index >= 15 is 0 Å². The lowest BCUT2D eigenvalue weighted by Gasteiger charge is -2.26. The summed E-state index contributed by atoms with van der Waals surface area (Å²) in [6.45, 7) is 3.33. The predicted molar refractivity (Wildman–Crippen MR) is 106 cm³/mol. The van der Waals surface area contributed by atoms with Crippen LogP contribution in [0.4, 0.5) is 0 Å². The molecule has 4 rings (SSSR count). The third-order valence-corrected chi connectivity index (χ3v) is 6.40. The first kappa shape index (κ1) is 16.8. The van der Waals surface area contributed by atoms with Crippen LogP contribution in [0, 0.1) is 11.8 Å². The van der Waals surface area contributed by atoms with E-state index in [0.29, 0.717) is 6.04 Å². The van der Waals surface area contributed by atoms with E-state index in [1.54, 1.807) is 11.1 Å². The molecule has 0 aliphatic heterocycles. The maximum atomic E-state index is 3.87. The Balaban J connectivity index is 1.34. The highest BCUT2D eigenvalue weighted by atomic mass is 14.9. The summed E-state index contributed by atoms with van der Waals surface area (Å²) in [6, 6.07) is 18.9. The van der Waals surface area contributed by atoms with E-state index in [1.807, 2.05) is 0 Å². The molecule has 0 bridgehead atoms. The molecule has 2 aliphatic rings. The summed E-state index contributed by atoms with van der Waals surface area (Å²) in [5.41, 5.74) is 6.11. The maximum Gasteiger partial charge on any atom is 0.0208 e. The second kappa shape index (κ2) is 7.74. The second-order valence-corrected chi connectivity index (χ2v) is 8.15. The van der Waals surface area contributed by atoms with Gasteiger partial charge in [0, 0.05) is 12.6 Å². The molecule has 132 valence electrons. The van der Waals surface area contributed by atoms with Crippen molar-refractivity contribution in [3.8, 4) is 0 Å². The minimum Gasteiger partial charge on any atom is -0.310 e. The molecule has 0 heterocycles. The van der Waals surface area contributed by atoms with Gasteiger partial charge in [0.05, 0.1) is 0 Å². The molecule has 2 aromatic rings. The molecule has 2 aromatic carbocycles. The van der Waals surface area contributed by atoms with Crippen molar-refractivity contribution in [3.63, 3.8) is 0 Å². The van der Waals surface area contributed by atoms with E-state index in [2.05, 4.69) is 60.8 Å². The van der Waals surface area contributed by atoms with Crippen molar-refractivity contribution >= 4 is 0 Å². The van der Waals surface area contributed by atoms with Crippen LogP contribution in [0.2, 0.25) is 0 Å². The van der Waals surface area contributed by atoms with Gasteiger partial charge in [-0.25, -0.2) is 0 Å². The number of hydrogen-bond acceptors (Lipinski definition) is 1. The van der Waals surface area contributed by atoms with Crippen molar-refractivity contribution in [1.29, 1.82) is 0 Å². The van der Waals surface area contributed by atoms with Crippen LogP contribution in [0.25, 0.3) is 0 Å². The zero-order valence-corrected chi connectivity index (χ0v) is 15.5. The van der Waals surface area contributed by atoms with Gasteiger partial charge in [0.25, 0.3) is 0 Å². The summed E-state index contributed by atoms with van der Waals surface area (Å²) in [5, 5.41) is 3.87. The summed E-state index contributed by atoms with van der Waals surface area (Å²) >= 11 is 0. The minimum absolute atomic E-state index is 0.614. The molecule has 0 aromatic heterocycles. The lowest BCUT2D eigenvalue weighted by molar-refractivity contribution is 0.314. The fourth-order valence-corrected chi connectivity index (χ4v) is 4.67. The standard InChI is InChI=1S/C24H31N/c1-2-24(23-15-21-11-3-4-12-22(21)16-23)25-17-20-10-6-9-19(14-20)13-18-7-5-8-18/h3-4,6,9-12,14,18,23-25H,2,5,7-8,13,15-17H2,1H3. The van der Waals surface area contributed by atoms with Gasteiger partial charge in [0.1, 0.15) is 0 Å². The van der Waals surface area contributed by atoms with Gasteiger partial charge in [-0.2, -0.15) is 0 Å². The molecule has 1 heteroatoms. The Morgan fingerprint density at radius 1 is 0.960 bits per heavy atom. The van der Waals surface area contributed by atoms with Crippen LogP contribution in [0.3, 0.4) is 0 Å². The molecular weight excluding hydrogens is 302 g/mol. The van der Waals surface area contributed by atoms with Crippen molar-refractivity contribution < 1.29 is 0 Å². The first-order valence-electron chi connectivity index (χ1n) is 10.2. The number of rotatable bonds is 7. The minimum atomic E-state index is 0.614. The molecule has 0 radical (unpaired) electrons. The molecule has 1 nitrogen and oxygen atoms in total. The fourth-order valence-electron chi connectivity index (χ4n) is 4.67. The highest BCUT2D eigenvalue weighted by Crippen LogP contribution is 2.31. The Morgan fingerprint density at radius 3 is 2.32 bits per heavy atom. The largest absolute Gasteiger partial charge is 0.310 e. The van der Waals surface area contributed by atoms with Crippen LogP contribution in [0.15, 0.2) is 48.5 Å².